The fourth-order valence-electron chi connectivity index (χ4n) is 2.63. The average Bonchev–Trinajstić information content (AvgIpc) is 2.72. The molecule has 3 rings (SSSR count). The van der Waals surface area contributed by atoms with Gasteiger partial charge in [0.2, 0.25) is 5.95 Å². The van der Waals surface area contributed by atoms with Crippen molar-refractivity contribution >= 4 is 23.8 Å². The maximum Gasteiger partial charge on any atom is 0.270 e. The molecule has 0 saturated heterocycles. The van der Waals surface area contributed by atoms with Gasteiger partial charge in [0.05, 0.1) is 24.0 Å². The Morgan fingerprint density at radius 3 is 2.76 bits per heavy atom. The third kappa shape index (κ3) is 4.10. The Morgan fingerprint density at radius 2 is 2.10 bits per heavy atom. The number of anilines is 1. The molecule has 1 heterocycles. The number of nitrogens with one attached hydrogen (secondary N) is 2. The van der Waals surface area contributed by atoms with E-state index in [1.807, 2.05) is 12.1 Å². The van der Waals surface area contributed by atoms with Crippen LogP contribution in [0.4, 0.5) is 10.3 Å². The fraction of sp³-hybridized carbons (Fsp3) is 0.100. The number of hydrazone groups is 1. The van der Waals surface area contributed by atoms with Gasteiger partial charge in [-0.25, -0.2) is 14.8 Å². The van der Waals surface area contributed by atoms with Crippen molar-refractivity contribution in [2.24, 2.45) is 5.10 Å². The SMILES string of the molecule is COc1c(F)cc(C=NNc2nc(-c3ccccc3)c(C#N)c(=O)[nH]2)c(C)c1Cl. The number of rotatable bonds is 5. The van der Waals surface area contributed by atoms with Crippen LogP contribution in [-0.2, 0) is 0 Å². The van der Waals surface area contributed by atoms with E-state index in [9.17, 15) is 14.4 Å². The second kappa shape index (κ2) is 8.54. The Kier molecular flexibility index (Phi) is 5.90. The average molecular weight is 412 g/mol. The largest absolute Gasteiger partial charge is 0.492 e. The molecule has 2 aromatic carbocycles. The quantitative estimate of drug-likeness (QED) is 0.490. The lowest BCUT2D eigenvalue weighted by molar-refractivity contribution is 0.386. The highest BCUT2D eigenvalue weighted by molar-refractivity contribution is 6.33. The van der Waals surface area contributed by atoms with Crippen LogP contribution in [0, 0.1) is 24.1 Å². The summed E-state index contributed by atoms with van der Waals surface area (Å²) in [6.45, 7) is 1.70. The van der Waals surface area contributed by atoms with Crippen molar-refractivity contribution in [2.75, 3.05) is 12.5 Å². The van der Waals surface area contributed by atoms with Crippen LogP contribution in [0.2, 0.25) is 5.02 Å². The number of aromatic nitrogens is 2. The van der Waals surface area contributed by atoms with E-state index in [0.29, 0.717) is 16.7 Å². The lowest BCUT2D eigenvalue weighted by Crippen LogP contribution is -2.16. The summed E-state index contributed by atoms with van der Waals surface area (Å²) in [5.41, 5.74) is 3.70. The summed E-state index contributed by atoms with van der Waals surface area (Å²) in [5.74, 6) is -0.637. The number of hydrogen-bond acceptors (Lipinski definition) is 6. The van der Waals surface area contributed by atoms with Crippen LogP contribution in [0.3, 0.4) is 0 Å². The van der Waals surface area contributed by atoms with E-state index < -0.39 is 11.4 Å². The molecule has 0 spiro atoms. The lowest BCUT2D eigenvalue weighted by atomic mass is 10.1. The van der Waals surface area contributed by atoms with Crippen LogP contribution in [-0.4, -0.2) is 23.3 Å². The number of methoxy groups -OCH3 is 1. The van der Waals surface area contributed by atoms with Gasteiger partial charge in [-0.3, -0.25) is 9.78 Å². The summed E-state index contributed by atoms with van der Waals surface area (Å²) in [5, 5.41) is 13.4. The topological polar surface area (TPSA) is 103 Å². The number of ether oxygens (including phenoxy) is 1. The van der Waals surface area contributed by atoms with E-state index in [1.165, 1.54) is 19.4 Å². The zero-order valence-corrected chi connectivity index (χ0v) is 16.2. The van der Waals surface area contributed by atoms with E-state index in [1.54, 1.807) is 31.2 Å². The lowest BCUT2D eigenvalue weighted by Gasteiger charge is -2.10. The zero-order valence-electron chi connectivity index (χ0n) is 15.5. The predicted molar refractivity (Wildman–Crippen MR) is 109 cm³/mol. The fourth-order valence-corrected chi connectivity index (χ4v) is 2.91. The van der Waals surface area contributed by atoms with Crippen molar-refractivity contribution in [1.29, 1.82) is 5.26 Å². The molecule has 29 heavy (non-hydrogen) atoms. The van der Waals surface area contributed by atoms with Gasteiger partial charge in [0.25, 0.3) is 5.56 Å². The third-order valence-corrected chi connectivity index (χ3v) is 4.57. The molecule has 0 atom stereocenters. The maximum absolute atomic E-state index is 14.0. The van der Waals surface area contributed by atoms with Gasteiger partial charge in [-0.1, -0.05) is 41.9 Å². The highest BCUT2D eigenvalue weighted by Gasteiger charge is 2.15. The summed E-state index contributed by atoms with van der Waals surface area (Å²) in [7, 11) is 1.33. The molecule has 1 aromatic heterocycles. The minimum absolute atomic E-state index is 0.0295. The Hall–Kier alpha value is -3.70. The monoisotopic (exact) mass is 411 g/mol. The van der Waals surface area contributed by atoms with Gasteiger partial charge in [-0.15, -0.1) is 0 Å². The summed E-state index contributed by atoms with van der Waals surface area (Å²) >= 11 is 6.10. The summed E-state index contributed by atoms with van der Waals surface area (Å²) in [6, 6.07) is 11.9. The minimum atomic E-state index is -0.624. The standard InChI is InChI=1S/C20H15ClFN5O2/c1-11-13(8-15(22)18(29-2)16(11)21)10-24-27-20-25-17(12-6-4-3-5-7-12)14(9-23)19(28)26-20/h3-8,10H,1-2H3,(H2,25,26,27,28). The van der Waals surface area contributed by atoms with E-state index in [4.69, 9.17) is 16.3 Å². The van der Waals surface area contributed by atoms with Gasteiger partial charge in [0.1, 0.15) is 11.6 Å². The summed E-state index contributed by atoms with van der Waals surface area (Å²) in [4.78, 5) is 18.9. The van der Waals surface area contributed by atoms with E-state index >= 15 is 0 Å². The van der Waals surface area contributed by atoms with Crippen LogP contribution in [0.15, 0.2) is 46.3 Å². The molecular formula is C20H15ClFN5O2. The molecule has 2 N–H and O–H groups in total. The third-order valence-electron chi connectivity index (χ3n) is 4.12. The van der Waals surface area contributed by atoms with E-state index in [2.05, 4.69) is 20.5 Å². The number of aromatic amines is 1. The predicted octanol–water partition coefficient (Wildman–Crippen LogP) is 3.86. The molecule has 0 fully saturated rings. The summed E-state index contributed by atoms with van der Waals surface area (Å²) in [6.07, 6.45) is 1.34. The van der Waals surface area contributed by atoms with Gasteiger partial charge < -0.3 is 4.74 Å². The Bertz CT molecular complexity index is 1190. The van der Waals surface area contributed by atoms with Crippen LogP contribution < -0.4 is 15.7 Å². The van der Waals surface area contributed by atoms with Crippen molar-refractivity contribution < 1.29 is 9.13 Å². The highest BCUT2D eigenvalue weighted by Crippen LogP contribution is 2.32. The van der Waals surface area contributed by atoms with Crippen LogP contribution in [0.5, 0.6) is 5.75 Å². The first kappa shape index (κ1) is 20.0. The first-order valence-electron chi connectivity index (χ1n) is 8.37. The van der Waals surface area contributed by atoms with Gasteiger partial charge in [0.15, 0.2) is 11.6 Å². The van der Waals surface area contributed by atoms with Crippen molar-refractivity contribution in [1.82, 2.24) is 9.97 Å². The molecule has 3 aromatic rings. The van der Waals surface area contributed by atoms with Crippen molar-refractivity contribution in [3.05, 3.63) is 74.3 Å². The number of nitrogens with zero attached hydrogens (tertiary/aromatic N) is 3. The Labute approximate surface area is 170 Å². The molecule has 0 unspecified atom stereocenters. The molecule has 9 heteroatoms. The molecule has 0 bridgehead atoms. The summed E-state index contributed by atoms with van der Waals surface area (Å²) < 4.78 is 19.0. The van der Waals surface area contributed by atoms with E-state index in [0.717, 1.165) is 0 Å². The minimum Gasteiger partial charge on any atom is -0.492 e. The zero-order chi connectivity index (χ0) is 21.0. The van der Waals surface area contributed by atoms with Crippen molar-refractivity contribution in [3.63, 3.8) is 0 Å². The second-order valence-corrected chi connectivity index (χ2v) is 6.28. The molecule has 0 saturated carbocycles. The number of H-pyrrole nitrogens is 1. The number of benzene rings is 2. The Balaban J connectivity index is 1.94. The van der Waals surface area contributed by atoms with Crippen LogP contribution in [0.25, 0.3) is 11.3 Å². The van der Waals surface area contributed by atoms with Crippen LogP contribution >= 0.6 is 11.6 Å². The van der Waals surface area contributed by atoms with Gasteiger partial charge >= 0.3 is 0 Å². The molecule has 146 valence electrons. The van der Waals surface area contributed by atoms with Gasteiger partial charge in [-0.2, -0.15) is 10.4 Å². The van der Waals surface area contributed by atoms with Gasteiger partial charge in [-0.05, 0) is 18.6 Å². The molecule has 0 aliphatic heterocycles. The second-order valence-electron chi connectivity index (χ2n) is 5.91. The first-order valence-corrected chi connectivity index (χ1v) is 8.75. The molecular weight excluding hydrogens is 397 g/mol. The smallest absolute Gasteiger partial charge is 0.270 e. The van der Waals surface area contributed by atoms with Crippen LogP contribution in [0.1, 0.15) is 16.7 Å². The highest BCUT2D eigenvalue weighted by atomic mass is 35.5. The first-order chi connectivity index (χ1) is 14.0. The van der Waals surface area contributed by atoms with Crippen molar-refractivity contribution in [3.8, 4) is 23.1 Å². The number of nitriles is 1. The maximum atomic E-state index is 14.0. The molecule has 0 aliphatic rings. The van der Waals surface area contributed by atoms with Crippen molar-refractivity contribution in [2.45, 2.75) is 6.92 Å². The molecule has 0 amide bonds. The molecule has 0 aliphatic carbocycles. The van der Waals surface area contributed by atoms with E-state index in [-0.39, 0.29) is 28.0 Å². The normalized spacial score (nSPS) is 10.7. The Morgan fingerprint density at radius 1 is 1.38 bits per heavy atom. The molecule has 7 nitrogen and oxygen atoms in total. The number of hydrogen-bond donors (Lipinski definition) is 2. The van der Waals surface area contributed by atoms with Gasteiger partial charge in [0, 0.05) is 11.1 Å². The molecule has 0 radical (unpaired) electrons. The number of halogens is 2.